The molecule has 0 aliphatic carbocycles. The zero-order chi connectivity index (χ0) is 10.1. The Morgan fingerprint density at radius 1 is 1.46 bits per heavy atom. The Morgan fingerprint density at radius 2 is 2.15 bits per heavy atom. The number of unbranched alkanes of at least 4 members (excludes halogenated alkanes) is 2. The van der Waals surface area contributed by atoms with Crippen LogP contribution in [0.3, 0.4) is 0 Å². The maximum atomic E-state index is 10.7. The average molecular weight is 204 g/mol. The molecule has 0 aromatic rings. The van der Waals surface area contributed by atoms with Crippen LogP contribution in [-0.2, 0) is 9.32 Å². The van der Waals surface area contributed by atoms with Crippen molar-refractivity contribution < 1.29 is 9.32 Å². The van der Waals surface area contributed by atoms with Gasteiger partial charge in [0.05, 0.1) is 15.3 Å². The van der Waals surface area contributed by atoms with Gasteiger partial charge in [0.1, 0.15) is 0 Å². The van der Waals surface area contributed by atoms with Gasteiger partial charge in [0.25, 0.3) is 0 Å². The second-order valence-corrected chi connectivity index (χ2v) is 3.06. The third-order valence-corrected chi connectivity index (χ3v) is 1.79. The highest BCUT2D eigenvalue weighted by Gasteiger charge is 1.98. The van der Waals surface area contributed by atoms with Crippen LogP contribution in [0, 0.1) is 0 Å². The highest BCUT2D eigenvalue weighted by molar-refractivity contribution is 7.10. The van der Waals surface area contributed by atoms with E-state index in [1.54, 1.807) is 6.92 Å². The fourth-order valence-electron chi connectivity index (χ4n) is 0.872. The molecular weight excluding hydrogens is 187 g/mol. The second kappa shape index (κ2) is 7.99. The Morgan fingerprint density at radius 3 is 2.69 bits per heavy atom. The molecule has 1 atom stereocenters. The maximum Gasteiger partial charge on any atom is 0.307 e. The third kappa shape index (κ3) is 9.28. The van der Waals surface area contributed by atoms with E-state index in [0.29, 0.717) is 12.3 Å². The van der Waals surface area contributed by atoms with Gasteiger partial charge >= 0.3 is 5.97 Å². The fourth-order valence-corrected chi connectivity index (χ4v) is 0.990. The lowest BCUT2D eigenvalue weighted by molar-refractivity contribution is -0.133. The number of hydrogen-bond donors (Lipinski definition) is 1. The lowest BCUT2D eigenvalue weighted by Crippen LogP contribution is -2.05. The van der Waals surface area contributed by atoms with E-state index in [1.807, 2.05) is 9.47 Å². The summed E-state index contributed by atoms with van der Waals surface area (Å²) in [5.41, 5.74) is 5.35. The zero-order valence-corrected chi connectivity index (χ0v) is 9.11. The summed E-state index contributed by atoms with van der Waals surface area (Å²) in [7, 11) is 1.95. The van der Waals surface area contributed by atoms with Crippen molar-refractivity contribution in [2.75, 3.05) is 6.54 Å². The van der Waals surface area contributed by atoms with Crippen molar-refractivity contribution in [2.45, 2.75) is 32.6 Å². The maximum absolute atomic E-state index is 10.7. The Labute approximate surface area is 81.2 Å². The first-order chi connectivity index (χ1) is 6.16. The Balaban J connectivity index is 3.18. The van der Waals surface area contributed by atoms with Crippen molar-refractivity contribution in [3.05, 3.63) is 0 Å². The van der Waals surface area contributed by atoms with E-state index in [0.717, 1.165) is 25.8 Å². The number of aliphatic imine (C=N–C) groups is 1. The molecule has 0 bridgehead atoms. The van der Waals surface area contributed by atoms with Crippen LogP contribution in [0.25, 0.3) is 0 Å². The largest absolute Gasteiger partial charge is 0.452 e. The Hall–Kier alpha value is -0.630. The highest BCUT2D eigenvalue weighted by Crippen LogP contribution is 2.03. The zero-order valence-electron chi connectivity index (χ0n) is 7.95. The minimum Gasteiger partial charge on any atom is -0.452 e. The van der Waals surface area contributed by atoms with E-state index in [2.05, 4.69) is 9.52 Å². The molecule has 4 nitrogen and oxygen atoms in total. The summed E-state index contributed by atoms with van der Waals surface area (Å²) < 4.78 is 4.43. The van der Waals surface area contributed by atoms with Crippen LogP contribution in [-0.4, -0.2) is 18.3 Å². The number of nitrogens with zero attached hydrogens (tertiary/aromatic N) is 1. The van der Waals surface area contributed by atoms with Gasteiger partial charge in [0.2, 0.25) is 0 Å². The molecular formula is C8H17N2O2P. The number of carbonyl (C=O) groups is 1. The molecule has 0 aromatic carbocycles. The van der Waals surface area contributed by atoms with E-state index < -0.39 is 0 Å². The van der Waals surface area contributed by atoms with E-state index in [1.165, 1.54) is 0 Å². The van der Waals surface area contributed by atoms with Crippen molar-refractivity contribution in [3.8, 4) is 0 Å². The molecule has 0 radical (unpaired) electrons. The molecule has 0 rings (SSSR count). The average Bonchev–Trinajstić information content (AvgIpc) is 2.10. The first kappa shape index (κ1) is 12.4. The summed E-state index contributed by atoms with van der Waals surface area (Å²) in [6.45, 7) is 2.52. The van der Waals surface area contributed by atoms with Gasteiger partial charge in [-0.2, -0.15) is 0 Å². The highest BCUT2D eigenvalue weighted by atomic mass is 31.0. The van der Waals surface area contributed by atoms with Gasteiger partial charge in [-0.25, -0.2) is 0 Å². The molecule has 0 spiro atoms. The summed E-state index contributed by atoms with van der Waals surface area (Å²) in [5.74, 6) is 0.438. The van der Waals surface area contributed by atoms with Crippen molar-refractivity contribution in [3.63, 3.8) is 0 Å². The van der Waals surface area contributed by atoms with Crippen LogP contribution >= 0.6 is 9.47 Å². The normalized spacial score (nSPS) is 11.4. The standard InChI is InChI=1S/C8H17N2O2P/c1-7(9)10-6-4-2-3-5-8(11)12-13/h2-6,13H2,1H3,(H2,9,10). The van der Waals surface area contributed by atoms with Crippen LogP contribution in [0.2, 0.25) is 0 Å². The van der Waals surface area contributed by atoms with E-state index in [9.17, 15) is 4.79 Å². The quantitative estimate of drug-likeness (QED) is 0.306. The molecule has 0 heterocycles. The minimum absolute atomic E-state index is 0.177. The van der Waals surface area contributed by atoms with Crippen molar-refractivity contribution in [2.24, 2.45) is 10.7 Å². The van der Waals surface area contributed by atoms with Gasteiger partial charge in [-0.15, -0.1) is 0 Å². The molecule has 0 fully saturated rings. The number of hydrogen-bond acceptors (Lipinski definition) is 3. The molecule has 0 saturated heterocycles. The van der Waals surface area contributed by atoms with E-state index >= 15 is 0 Å². The smallest absolute Gasteiger partial charge is 0.307 e. The predicted molar refractivity (Wildman–Crippen MR) is 56.4 cm³/mol. The third-order valence-electron chi connectivity index (χ3n) is 1.53. The summed E-state index contributed by atoms with van der Waals surface area (Å²) in [6, 6.07) is 0. The van der Waals surface area contributed by atoms with Crippen LogP contribution in [0.4, 0.5) is 0 Å². The van der Waals surface area contributed by atoms with Gasteiger partial charge in [-0.05, 0) is 19.8 Å². The molecule has 0 aliphatic rings. The molecule has 0 saturated carbocycles. The summed E-state index contributed by atoms with van der Waals surface area (Å²) in [5, 5.41) is 0. The lowest BCUT2D eigenvalue weighted by atomic mass is 10.2. The molecule has 0 aromatic heterocycles. The molecule has 5 heteroatoms. The molecule has 2 N–H and O–H groups in total. The van der Waals surface area contributed by atoms with Gasteiger partial charge in [-0.1, -0.05) is 6.42 Å². The van der Waals surface area contributed by atoms with Gasteiger partial charge in [0, 0.05) is 13.0 Å². The second-order valence-electron chi connectivity index (χ2n) is 2.82. The van der Waals surface area contributed by atoms with Gasteiger partial charge < -0.3 is 10.3 Å². The van der Waals surface area contributed by atoms with Crippen LogP contribution in [0.15, 0.2) is 4.99 Å². The number of nitrogens with two attached hydrogens (primary N) is 1. The van der Waals surface area contributed by atoms with E-state index in [4.69, 9.17) is 5.73 Å². The number of amidine groups is 1. The summed E-state index contributed by atoms with van der Waals surface area (Å²) in [4.78, 5) is 14.7. The van der Waals surface area contributed by atoms with Crippen molar-refractivity contribution in [1.29, 1.82) is 0 Å². The molecule has 0 amide bonds. The Bertz CT molecular complexity index is 179. The van der Waals surface area contributed by atoms with Crippen LogP contribution in [0.5, 0.6) is 0 Å². The molecule has 13 heavy (non-hydrogen) atoms. The van der Waals surface area contributed by atoms with Crippen LogP contribution in [0.1, 0.15) is 32.6 Å². The molecule has 1 unspecified atom stereocenters. The predicted octanol–water partition coefficient (Wildman–Crippen LogP) is 1.26. The first-order valence-corrected chi connectivity index (χ1v) is 4.80. The summed E-state index contributed by atoms with van der Waals surface area (Å²) in [6.07, 6.45) is 3.29. The summed E-state index contributed by atoms with van der Waals surface area (Å²) >= 11 is 0. The molecule has 76 valence electrons. The molecule has 0 aliphatic heterocycles. The SMILES string of the molecule is CC(N)=NCCCCCC(=O)OP. The topological polar surface area (TPSA) is 64.7 Å². The Kier molecular flexibility index (Phi) is 7.60. The number of carbonyl (C=O) groups excluding carboxylic acids is 1. The lowest BCUT2D eigenvalue weighted by Gasteiger charge is -1.98. The fraction of sp³-hybridized carbons (Fsp3) is 0.750. The van der Waals surface area contributed by atoms with Crippen molar-refractivity contribution in [1.82, 2.24) is 0 Å². The first-order valence-electron chi connectivity index (χ1n) is 4.33. The van der Waals surface area contributed by atoms with Gasteiger partial charge in [0.15, 0.2) is 0 Å². The van der Waals surface area contributed by atoms with Crippen molar-refractivity contribution >= 4 is 21.3 Å². The van der Waals surface area contributed by atoms with Crippen LogP contribution < -0.4 is 5.73 Å². The van der Waals surface area contributed by atoms with Gasteiger partial charge in [-0.3, -0.25) is 9.79 Å². The minimum atomic E-state index is -0.177. The van der Waals surface area contributed by atoms with E-state index in [-0.39, 0.29) is 5.97 Å². The monoisotopic (exact) mass is 204 g/mol. The number of rotatable bonds is 6.